The van der Waals surface area contributed by atoms with Crippen LogP contribution in [0.5, 0.6) is 0 Å². The van der Waals surface area contributed by atoms with E-state index in [1.807, 2.05) is 60.2 Å². The van der Waals surface area contributed by atoms with Crippen molar-refractivity contribution in [3.63, 3.8) is 0 Å². The smallest absolute Gasteiger partial charge is 0.266 e. The van der Waals surface area contributed by atoms with E-state index in [2.05, 4.69) is 5.32 Å². The molecule has 0 aliphatic carbocycles. The summed E-state index contributed by atoms with van der Waals surface area (Å²) in [6.07, 6.45) is 3.40. The lowest BCUT2D eigenvalue weighted by Gasteiger charge is -2.04. The van der Waals surface area contributed by atoms with Gasteiger partial charge in [0.25, 0.3) is 5.91 Å². The van der Waals surface area contributed by atoms with Gasteiger partial charge in [-0.05, 0) is 61.0 Å². The van der Waals surface area contributed by atoms with Gasteiger partial charge >= 0.3 is 0 Å². The maximum absolute atomic E-state index is 12.9. The largest absolute Gasteiger partial charge is 0.321 e. The summed E-state index contributed by atoms with van der Waals surface area (Å²) in [4.78, 5) is 12.3. The summed E-state index contributed by atoms with van der Waals surface area (Å²) in [5, 5.41) is 11.9. The van der Waals surface area contributed by atoms with E-state index in [-0.39, 0.29) is 5.57 Å². The Labute approximate surface area is 150 Å². The Morgan fingerprint density at radius 2 is 1.85 bits per heavy atom. The minimum absolute atomic E-state index is 0.0282. The zero-order chi connectivity index (χ0) is 18.5. The van der Waals surface area contributed by atoms with Crippen molar-refractivity contribution in [1.82, 2.24) is 4.57 Å². The van der Waals surface area contributed by atoms with Gasteiger partial charge in [-0.2, -0.15) is 5.26 Å². The van der Waals surface area contributed by atoms with Crippen molar-refractivity contribution in [3.8, 4) is 11.8 Å². The van der Waals surface area contributed by atoms with Gasteiger partial charge in [0.05, 0.1) is 0 Å². The zero-order valence-electron chi connectivity index (χ0n) is 14.1. The quantitative estimate of drug-likeness (QED) is 0.560. The van der Waals surface area contributed by atoms with Crippen molar-refractivity contribution in [2.45, 2.75) is 6.92 Å². The molecule has 0 aliphatic rings. The van der Waals surface area contributed by atoms with E-state index < -0.39 is 11.7 Å². The first-order chi connectivity index (χ1) is 12.6. The van der Waals surface area contributed by atoms with E-state index in [9.17, 15) is 14.4 Å². The van der Waals surface area contributed by atoms with Gasteiger partial charge in [-0.3, -0.25) is 4.79 Å². The van der Waals surface area contributed by atoms with Gasteiger partial charge in [-0.15, -0.1) is 0 Å². The predicted octanol–water partition coefficient (Wildman–Crippen LogP) is 4.47. The van der Waals surface area contributed by atoms with Crippen LogP contribution >= 0.6 is 0 Å². The second kappa shape index (κ2) is 7.49. The van der Waals surface area contributed by atoms with E-state index in [0.717, 1.165) is 16.9 Å². The molecule has 1 heterocycles. The Kier molecular flexibility index (Phi) is 4.95. The molecule has 128 valence electrons. The standard InChI is InChI=1S/C21H16FN3O/c1-15-11-16(14-25(15)20-5-3-2-4-6-20)12-17(13-23)21(26)24-19-9-7-18(22)8-10-19/h2-12,14H,1H3,(H,24,26)/b17-12+. The Morgan fingerprint density at radius 3 is 2.50 bits per heavy atom. The molecule has 0 aliphatic heterocycles. The minimum atomic E-state index is -0.538. The van der Waals surface area contributed by atoms with Crippen LogP contribution in [0.25, 0.3) is 11.8 Å². The molecule has 0 fully saturated rings. The van der Waals surface area contributed by atoms with E-state index in [1.165, 1.54) is 30.3 Å². The number of para-hydroxylation sites is 1. The molecular formula is C21H16FN3O. The Balaban J connectivity index is 1.84. The van der Waals surface area contributed by atoms with Gasteiger partial charge in [0.2, 0.25) is 0 Å². The number of nitrogens with zero attached hydrogens (tertiary/aromatic N) is 2. The Morgan fingerprint density at radius 1 is 1.15 bits per heavy atom. The molecule has 0 bridgehead atoms. The number of anilines is 1. The van der Waals surface area contributed by atoms with Crippen LogP contribution in [0.1, 0.15) is 11.3 Å². The first-order valence-electron chi connectivity index (χ1n) is 8.00. The minimum Gasteiger partial charge on any atom is -0.321 e. The summed E-state index contributed by atoms with van der Waals surface area (Å²) in [5.74, 6) is -0.930. The van der Waals surface area contributed by atoms with Crippen molar-refractivity contribution >= 4 is 17.7 Å². The molecule has 0 atom stereocenters. The fourth-order valence-corrected chi connectivity index (χ4v) is 2.59. The molecule has 1 N–H and O–H groups in total. The first kappa shape index (κ1) is 17.2. The highest BCUT2D eigenvalue weighted by molar-refractivity contribution is 6.09. The molecule has 3 aromatic rings. The van der Waals surface area contributed by atoms with Crippen molar-refractivity contribution in [2.24, 2.45) is 0 Å². The van der Waals surface area contributed by atoms with Crippen LogP contribution in [0.15, 0.2) is 72.4 Å². The van der Waals surface area contributed by atoms with Gasteiger partial charge < -0.3 is 9.88 Å². The molecular weight excluding hydrogens is 329 g/mol. The van der Waals surface area contributed by atoms with Gasteiger partial charge in [0.15, 0.2) is 0 Å². The fraction of sp³-hybridized carbons (Fsp3) is 0.0476. The van der Waals surface area contributed by atoms with Crippen LogP contribution in [0.4, 0.5) is 10.1 Å². The van der Waals surface area contributed by atoms with Crippen LogP contribution in [0, 0.1) is 24.1 Å². The molecule has 3 rings (SSSR count). The monoisotopic (exact) mass is 345 g/mol. The molecule has 26 heavy (non-hydrogen) atoms. The number of nitriles is 1. The third kappa shape index (κ3) is 3.87. The van der Waals surface area contributed by atoms with Crippen LogP contribution in [0.3, 0.4) is 0 Å². The van der Waals surface area contributed by atoms with Crippen molar-refractivity contribution in [3.05, 3.63) is 89.5 Å². The summed E-state index contributed by atoms with van der Waals surface area (Å²) in [7, 11) is 0. The highest BCUT2D eigenvalue weighted by atomic mass is 19.1. The average molecular weight is 345 g/mol. The van der Waals surface area contributed by atoms with Gasteiger partial charge in [-0.25, -0.2) is 4.39 Å². The number of amides is 1. The third-order valence-corrected chi connectivity index (χ3v) is 3.85. The molecule has 1 amide bonds. The highest BCUT2D eigenvalue weighted by Gasteiger charge is 2.11. The number of aryl methyl sites for hydroxylation is 1. The number of carbonyl (C=O) groups is 1. The number of hydrogen-bond donors (Lipinski definition) is 1. The summed E-state index contributed by atoms with van der Waals surface area (Å²) in [6, 6.07) is 19.0. The molecule has 2 aromatic carbocycles. The number of hydrogen-bond acceptors (Lipinski definition) is 2. The van der Waals surface area contributed by atoms with Crippen LogP contribution in [-0.4, -0.2) is 10.5 Å². The molecule has 0 unspecified atom stereocenters. The van der Waals surface area contributed by atoms with Crippen LogP contribution in [0.2, 0.25) is 0 Å². The van der Waals surface area contributed by atoms with E-state index in [4.69, 9.17) is 0 Å². The lowest BCUT2D eigenvalue weighted by Crippen LogP contribution is -2.13. The number of aromatic nitrogens is 1. The topological polar surface area (TPSA) is 57.8 Å². The molecule has 4 nitrogen and oxygen atoms in total. The predicted molar refractivity (Wildman–Crippen MR) is 99.1 cm³/mol. The fourth-order valence-electron chi connectivity index (χ4n) is 2.59. The second-order valence-corrected chi connectivity index (χ2v) is 5.75. The molecule has 0 radical (unpaired) electrons. The summed E-state index contributed by atoms with van der Waals surface area (Å²) >= 11 is 0. The number of rotatable bonds is 4. The van der Waals surface area contributed by atoms with Gasteiger partial charge in [0, 0.05) is 23.3 Å². The lowest BCUT2D eigenvalue weighted by atomic mass is 10.2. The maximum atomic E-state index is 12.9. The maximum Gasteiger partial charge on any atom is 0.266 e. The lowest BCUT2D eigenvalue weighted by molar-refractivity contribution is -0.112. The molecule has 5 heteroatoms. The number of nitrogens with one attached hydrogen (secondary N) is 1. The second-order valence-electron chi connectivity index (χ2n) is 5.75. The molecule has 0 spiro atoms. The Bertz CT molecular complexity index is 996. The van der Waals surface area contributed by atoms with Crippen molar-refractivity contribution in [1.29, 1.82) is 5.26 Å². The van der Waals surface area contributed by atoms with Crippen LogP contribution < -0.4 is 5.32 Å². The van der Waals surface area contributed by atoms with E-state index in [0.29, 0.717) is 5.69 Å². The van der Waals surface area contributed by atoms with Gasteiger partial charge in [0.1, 0.15) is 17.5 Å². The normalized spacial score (nSPS) is 11.0. The number of benzene rings is 2. The molecule has 0 saturated carbocycles. The van der Waals surface area contributed by atoms with Gasteiger partial charge in [-0.1, -0.05) is 18.2 Å². The molecule has 1 aromatic heterocycles. The number of carbonyl (C=O) groups excluding carboxylic acids is 1. The summed E-state index contributed by atoms with van der Waals surface area (Å²) in [6.45, 7) is 1.95. The Hall–Kier alpha value is -3.65. The molecule has 0 saturated heterocycles. The summed E-state index contributed by atoms with van der Waals surface area (Å²) < 4.78 is 14.9. The highest BCUT2D eigenvalue weighted by Crippen LogP contribution is 2.18. The van der Waals surface area contributed by atoms with E-state index in [1.54, 1.807) is 0 Å². The van der Waals surface area contributed by atoms with Crippen LogP contribution in [-0.2, 0) is 4.79 Å². The summed E-state index contributed by atoms with van der Waals surface area (Å²) in [5.41, 5.74) is 3.13. The average Bonchev–Trinajstić information content (AvgIpc) is 3.02. The SMILES string of the molecule is Cc1cc(/C=C(\C#N)C(=O)Nc2ccc(F)cc2)cn1-c1ccccc1. The first-order valence-corrected chi connectivity index (χ1v) is 8.00. The van der Waals surface area contributed by atoms with Crippen molar-refractivity contribution in [2.75, 3.05) is 5.32 Å². The number of halogens is 1. The van der Waals surface area contributed by atoms with E-state index >= 15 is 0 Å². The third-order valence-electron chi connectivity index (χ3n) is 3.85. The van der Waals surface area contributed by atoms with Crippen molar-refractivity contribution < 1.29 is 9.18 Å². The zero-order valence-corrected chi connectivity index (χ0v) is 14.1.